The molecule has 0 unspecified atom stereocenters. The summed E-state index contributed by atoms with van der Waals surface area (Å²) >= 11 is 0. The van der Waals surface area contributed by atoms with E-state index in [1.807, 2.05) is 29.2 Å². The third-order valence-corrected chi connectivity index (χ3v) is 3.75. The highest BCUT2D eigenvalue weighted by Crippen LogP contribution is 2.21. The SMILES string of the molecule is Nc1ccccc1OCC(=O)N1CCc2ccccc2C1. The van der Waals surface area contributed by atoms with Gasteiger partial charge in [-0.3, -0.25) is 4.79 Å². The van der Waals surface area contributed by atoms with Gasteiger partial charge in [-0.15, -0.1) is 0 Å². The lowest BCUT2D eigenvalue weighted by Gasteiger charge is -2.28. The predicted molar refractivity (Wildman–Crippen MR) is 81.9 cm³/mol. The first-order valence-corrected chi connectivity index (χ1v) is 7.06. The van der Waals surface area contributed by atoms with Crippen LogP contribution in [0.4, 0.5) is 5.69 Å². The van der Waals surface area contributed by atoms with E-state index in [9.17, 15) is 4.79 Å². The molecule has 0 aromatic heterocycles. The molecule has 1 aliphatic heterocycles. The van der Waals surface area contributed by atoms with Crippen molar-refractivity contribution in [1.29, 1.82) is 0 Å². The van der Waals surface area contributed by atoms with Crippen LogP contribution in [0.2, 0.25) is 0 Å². The highest BCUT2D eigenvalue weighted by molar-refractivity contribution is 5.78. The molecule has 1 heterocycles. The number of carbonyl (C=O) groups excluding carboxylic acids is 1. The summed E-state index contributed by atoms with van der Waals surface area (Å²) in [7, 11) is 0. The van der Waals surface area contributed by atoms with Crippen molar-refractivity contribution in [3.05, 3.63) is 59.7 Å². The van der Waals surface area contributed by atoms with Crippen LogP contribution >= 0.6 is 0 Å². The smallest absolute Gasteiger partial charge is 0.260 e. The van der Waals surface area contributed by atoms with Gasteiger partial charge in [-0.1, -0.05) is 36.4 Å². The second-order valence-corrected chi connectivity index (χ2v) is 5.16. The van der Waals surface area contributed by atoms with Gasteiger partial charge in [0.1, 0.15) is 5.75 Å². The Balaban J connectivity index is 1.61. The van der Waals surface area contributed by atoms with Crippen LogP contribution in [0, 0.1) is 0 Å². The molecular weight excluding hydrogens is 264 g/mol. The van der Waals surface area contributed by atoms with Crippen molar-refractivity contribution in [1.82, 2.24) is 4.90 Å². The Kier molecular flexibility index (Phi) is 3.77. The van der Waals surface area contributed by atoms with E-state index < -0.39 is 0 Å². The molecule has 0 saturated heterocycles. The van der Waals surface area contributed by atoms with Gasteiger partial charge in [0.25, 0.3) is 5.91 Å². The second kappa shape index (κ2) is 5.87. The fourth-order valence-corrected chi connectivity index (χ4v) is 2.55. The van der Waals surface area contributed by atoms with E-state index in [1.54, 1.807) is 12.1 Å². The van der Waals surface area contributed by atoms with Crippen molar-refractivity contribution in [3.8, 4) is 5.75 Å². The summed E-state index contributed by atoms with van der Waals surface area (Å²) in [4.78, 5) is 14.1. The lowest BCUT2D eigenvalue weighted by Crippen LogP contribution is -2.38. The van der Waals surface area contributed by atoms with Crippen LogP contribution in [0.1, 0.15) is 11.1 Å². The van der Waals surface area contributed by atoms with Crippen LogP contribution in [0.3, 0.4) is 0 Å². The zero-order chi connectivity index (χ0) is 14.7. The first kappa shape index (κ1) is 13.5. The van der Waals surface area contributed by atoms with Gasteiger partial charge in [0.15, 0.2) is 6.61 Å². The Bertz CT molecular complexity index is 655. The van der Waals surface area contributed by atoms with Crippen LogP contribution in [-0.4, -0.2) is 24.0 Å². The van der Waals surface area contributed by atoms with Gasteiger partial charge in [-0.25, -0.2) is 0 Å². The molecule has 21 heavy (non-hydrogen) atoms. The minimum Gasteiger partial charge on any atom is -0.482 e. The van der Waals surface area contributed by atoms with Crippen molar-refractivity contribution in [2.75, 3.05) is 18.9 Å². The van der Waals surface area contributed by atoms with Crippen LogP contribution in [-0.2, 0) is 17.8 Å². The minimum absolute atomic E-state index is 0.00671. The van der Waals surface area contributed by atoms with Crippen molar-refractivity contribution in [2.24, 2.45) is 0 Å². The van der Waals surface area contributed by atoms with Crippen LogP contribution in [0.25, 0.3) is 0 Å². The molecule has 0 spiro atoms. The molecular formula is C17H18N2O2. The number of para-hydroxylation sites is 2. The van der Waals surface area contributed by atoms with E-state index in [-0.39, 0.29) is 12.5 Å². The molecule has 0 radical (unpaired) electrons. The number of rotatable bonds is 3. The number of hydrogen-bond acceptors (Lipinski definition) is 3. The van der Waals surface area contributed by atoms with E-state index in [0.29, 0.717) is 18.0 Å². The summed E-state index contributed by atoms with van der Waals surface area (Å²) in [6.07, 6.45) is 0.898. The van der Waals surface area contributed by atoms with E-state index in [2.05, 4.69) is 12.1 Å². The molecule has 4 heteroatoms. The van der Waals surface area contributed by atoms with E-state index in [0.717, 1.165) is 13.0 Å². The van der Waals surface area contributed by atoms with E-state index >= 15 is 0 Å². The average molecular weight is 282 g/mol. The maximum atomic E-state index is 12.3. The Morgan fingerprint density at radius 1 is 1.10 bits per heavy atom. The number of nitrogens with zero attached hydrogens (tertiary/aromatic N) is 1. The third kappa shape index (κ3) is 2.99. The molecule has 4 nitrogen and oxygen atoms in total. The number of amides is 1. The Morgan fingerprint density at radius 3 is 2.62 bits per heavy atom. The highest BCUT2D eigenvalue weighted by atomic mass is 16.5. The number of nitrogens with two attached hydrogens (primary N) is 1. The third-order valence-electron chi connectivity index (χ3n) is 3.75. The number of ether oxygens (including phenoxy) is 1. The maximum absolute atomic E-state index is 12.3. The zero-order valence-electron chi connectivity index (χ0n) is 11.8. The lowest BCUT2D eigenvalue weighted by molar-refractivity contribution is -0.134. The number of benzene rings is 2. The number of anilines is 1. The normalized spacial score (nSPS) is 13.6. The summed E-state index contributed by atoms with van der Waals surface area (Å²) in [5.74, 6) is 0.552. The van der Waals surface area contributed by atoms with Crippen molar-refractivity contribution >= 4 is 11.6 Å². The molecule has 2 N–H and O–H groups in total. The molecule has 3 rings (SSSR count). The summed E-state index contributed by atoms with van der Waals surface area (Å²) < 4.78 is 5.52. The Hall–Kier alpha value is -2.49. The topological polar surface area (TPSA) is 55.6 Å². The summed E-state index contributed by atoms with van der Waals surface area (Å²) in [5, 5.41) is 0. The zero-order valence-corrected chi connectivity index (χ0v) is 11.8. The van der Waals surface area contributed by atoms with Crippen LogP contribution in [0.5, 0.6) is 5.75 Å². The molecule has 0 fully saturated rings. The predicted octanol–water partition coefficient (Wildman–Crippen LogP) is 2.23. The minimum atomic E-state index is -0.00671. The van der Waals surface area contributed by atoms with Crippen molar-refractivity contribution < 1.29 is 9.53 Å². The van der Waals surface area contributed by atoms with Gasteiger partial charge in [-0.05, 0) is 29.7 Å². The van der Waals surface area contributed by atoms with Gasteiger partial charge in [0.05, 0.1) is 5.69 Å². The number of fused-ring (bicyclic) bond motifs is 1. The summed E-state index contributed by atoms with van der Waals surface area (Å²) in [6, 6.07) is 15.5. The molecule has 0 aliphatic carbocycles. The van der Waals surface area contributed by atoms with E-state index in [4.69, 9.17) is 10.5 Å². The van der Waals surface area contributed by atoms with Crippen LogP contribution < -0.4 is 10.5 Å². The van der Waals surface area contributed by atoms with E-state index in [1.165, 1.54) is 11.1 Å². The number of nitrogen functional groups attached to an aromatic ring is 1. The fraction of sp³-hybridized carbons (Fsp3) is 0.235. The standard InChI is InChI=1S/C17H18N2O2/c18-15-7-3-4-8-16(15)21-12-17(20)19-10-9-13-5-1-2-6-14(13)11-19/h1-8H,9-12,18H2. The molecule has 0 atom stereocenters. The monoisotopic (exact) mass is 282 g/mol. The van der Waals surface area contributed by atoms with Crippen molar-refractivity contribution in [3.63, 3.8) is 0 Å². The number of hydrogen-bond donors (Lipinski definition) is 1. The maximum Gasteiger partial charge on any atom is 0.260 e. The van der Waals surface area contributed by atoms with Gasteiger partial charge >= 0.3 is 0 Å². The Labute approximate surface area is 124 Å². The molecule has 0 bridgehead atoms. The van der Waals surface area contributed by atoms with Gasteiger partial charge in [-0.2, -0.15) is 0 Å². The summed E-state index contributed by atoms with van der Waals surface area (Å²) in [6.45, 7) is 1.42. The second-order valence-electron chi connectivity index (χ2n) is 5.16. The van der Waals surface area contributed by atoms with Gasteiger partial charge < -0.3 is 15.4 Å². The fourth-order valence-electron chi connectivity index (χ4n) is 2.55. The van der Waals surface area contributed by atoms with Gasteiger partial charge in [0.2, 0.25) is 0 Å². The first-order valence-electron chi connectivity index (χ1n) is 7.06. The molecule has 2 aromatic carbocycles. The molecule has 1 amide bonds. The first-order chi connectivity index (χ1) is 10.2. The lowest BCUT2D eigenvalue weighted by atomic mass is 10.00. The summed E-state index contributed by atoms with van der Waals surface area (Å²) in [5.41, 5.74) is 8.90. The van der Waals surface area contributed by atoms with Gasteiger partial charge in [0, 0.05) is 13.1 Å². The molecule has 1 aliphatic rings. The van der Waals surface area contributed by atoms with Crippen LogP contribution in [0.15, 0.2) is 48.5 Å². The largest absolute Gasteiger partial charge is 0.482 e. The average Bonchev–Trinajstić information content (AvgIpc) is 2.53. The molecule has 2 aromatic rings. The highest BCUT2D eigenvalue weighted by Gasteiger charge is 2.20. The molecule has 108 valence electrons. The Morgan fingerprint density at radius 2 is 1.81 bits per heavy atom. The molecule has 0 saturated carbocycles. The van der Waals surface area contributed by atoms with Crippen molar-refractivity contribution in [2.45, 2.75) is 13.0 Å². The number of carbonyl (C=O) groups is 1. The quantitative estimate of drug-likeness (QED) is 0.878.